The molecular formula is C30H31N3O2. The SMILES string of the molecule is NC(=O)c1ccccc1OCCCN1CC=C(c2cn(Cc3ccccc3)c3ccccc23)CC1. The average molecular weight is 466 g/mol. The molecule has 0 fully saturated rings. The quantitative estimate of drug-likeness (QED) is 0.339. The Labute approximate surface area is 206 Å². The Hall–Kier alpha value is -3.83. The lowest BCUT2D eigenvalue weighted by Gasteiger charge is -2.26. The van der Waals surface area contributed by atoms with Crippen molar-refractivity contribution in [2.45, 2.75) is 19.4 Å². The van der Waals surface area contributed by atoms with Gasteiger partial charge in [-0.2, -0.15) is 0 Å². The van der Waals surface area contributed by atoms with Crippen LogP contribution in [0.2, 0.25) is 0 Å². The molecule has 0 bridgehead atoms. The highest BCUT2D eigenvalue weighted by Crippen LogP contribution is 2.31. The van der Waals surface area contributed by atoms with E-state index in [1.807, 2.05) is 6.07 Å². The zero-order chi connectivity index (χ0) is 24.0. The first-order valence-corrected chi connectivity index (χ1v) is 12.2. The molecule has 1 aliphatic rings. The molecular weight excluding hydrogens is 434 g/mol. The number of aromatic nitrogens is 1. The topological polar surface area (TPSA) is 60.5 Å². The van der Waals surface area contributed by atoms with Gasteiger partial charge in [0.15, 0.2) is 0 Å². The van der Waals surface area contributed by atoms with Crippen LogP contribution in [0, 0.1) is 0 Å². The number of primary amides is 1. The Bertz CT molecular complexity index is 1340. The number of ether oxygens (including phenoxy) is 1. The van der Waals surface area contributed by atoms with Gasteiger partial charge in [-0.3, -0.25) is 9.69 Å². The second-order valence-corrected chi connectivity index (χ2v) is 9.02. The largest absolute Gasteiger partial charge is 0.493 e. The Morgan fingerprint density at radius 2 is 1.71 bits per heavy atom. The summed E-state index contributed by atoms with van der Waals surface area (Å²) in [4.78, 5) is 14.0. The lowest BCUT2D eigenvalue weighted by molar-refractivity contribution is 0.0996. The smallest absolute Gasteiger partial charge is 0.252 e. The van der Waals surface area contributed by atoms with Crippen LogP contribution in [0.5, 0.6) is 5.75 Å². The Balaban J connectivity index is 1.21. The Morgan fingerprint density at radius 3 is 2.51 bits per heavy atom. The summed E-state index contributed by atoms with van der Waals surface area (Å²) in [5.74, 6) is 0.104. The summed E-state index contributed by atoms with van der Waals surface area (Å²) in [5.41, 5.74) is 11.2. The minimum Gasteiger partial charge on any atom is -0.493 e. The predicted octanol–water partition coefficient (Wildman–Crippen LogP) is 5.35. The van der Waals surface area contributed by atoms with E-state index in [1.165, 1.54) is 27.6 Å². The molecule has 5 rings (SSSR count). The minimum atomic E-state index is -0.459. The molecule has 4 aromatic rings. The van der Waals surface area contributed by atoms with Crippen LogP contribution in [0.4, 0.5) is 0 Å². The number of nitrogens with zero attached hydrogens (tertiary/aromatic N) is 2. The standard InChI is InChI=1S/C30H31N3O2/c31-30(34)26-12-5-7-14-29(26)35-20-8-17-32-18-15-24(16-19-32)27-22-33(21-23-9-2-1-3-10-23)28-13-6-4-11-25(27)28/h1-7,9-15,22H,8,16-21H2,(H2,31,34). The molecule has 35 heavy (non-hydrogen) atoms. The predicted molar refractivity (Wildman–Crippen MR) is 142 cm³/mol. The molecule has 2 N–H and O–H groups in total. The number of para-hydroxylation sites is 2. The molecule has 178 valence electrons. The molecule has 0 saturated carbocycles. The number of nitrogens with two attached hydrogens (primary N) is 1. The third kappa shape index (κ3) is 5.31. The fourth-order valence-electron chi connectivity index (χ4n) is 4.84. The van der Waals surface area contributed by atoms with E-state index in [1.54, 1.807) is 18.2 Å². The molecule has 0 spiro atoms. The van der Waals surface area contributed by atoms with E-state index in [2.05, 4.69) is 76.3 Å². The van der Waals surface area contributed by atoms with Gasteiger partial charge in [0.1, 0.15) is 5.75 Å². The van der Waals surface area contributed by atoms with Gasteiger partial charge in [0.05, 0.1) is 12.2 Å². The molecule has 1 aliphatic heterocycles. The van der Waals surface area contributed by atoms with Gasteiger partial charge in [-0.15, -0.1) is 0 Å². The first-order chi connectivity index (χ1) is 17.2. The van der Waals surface area contributed by atoms with Gasteiger partial charge in [0.2, 0.25) is 0 Å². The Morgan fingerprint density at radius 1 is 0.943 bits per heavy atom. The van der Waals surface area contributed by atoms with Crippen molar-refractivity contribution in [2.24, 2.45) is 5.73 Å². The number of hydrogen-bond donors (Lipinski definition) is 1. The molecule has 1 aromatic heterocycles. The van der Waals surface area contributed by atoms with E-state index in [-0.39, 0.29) is 0 Å². The zero-order valence-corrected chi connectivity index (χ0v) is 19.9. The highest BCUT2D eigenvalue weighted by Gasteiger charge is 2.17. The van der Waals surface area contributed by atoms with E-state index in [0.29, 0.717) is 17.9 Å². The average Bonchev–Trinajstić information content (AvgIpc) is 3.26. The lowest BCUT2D eigenvalue weighted by Crippen LogP contribution is -2.30. The van der Waals surface area contributed by atoms with Crippen LogP contribution < -0.4 is 10.5 Å². The lowest BCUT2D eigenvalue weighted by atomic mass is 9.99. The van der Waals surface area contributed by atoms with Crippen LogP contribution in [-0.2, 0) is 6.54 Å². The monoisotopic (exact) mass is 465 g/mol. The van der Waals surface area contributed by atoms with Crippen molar-refractivity contribution < 1.29 is 9.53 Å². The second-order valence-electron chi connectivity index (χ2n) is 9.02. The Kier molecular flexibility index (Phi) is 6.96. The summed E-state index contributed by atoms with van der Waals surface area (Å²) in [6.07, 6.45) is 6.63. The molecule has 5 heteroatoms. The minimum absolute atomic E-state index is 0.435. The highest BCUT2D eigenvalue weighted by atomic mass is 16.5. The molecule has 0 atom stereocenters. The summed E-state index contributed by atoms with van der Waals surface area (Å²) >= 11 is 0. The van der Waals surface area contributed by atoms with Gasteiger partial charge >= 0.3 is 0 Å². The number of benzene rings is 3. The number of carbonyl (C=O) groups excluding carboxylic acids is 1. The summed E-state index contributed by atoms with van der Waals surface area (Å²) in [7, 11) is 0. The van der Waals surface area contributed by atoms with Crippen LogP contribution in [0.25, 0.3) is 16.5 Å². The van der Waals surface area contributed by atoms with E-state index < -0.39 is 5.91 Å². The summed E-state index contributed by atoms with van der Waals surface area (Å²) in [6.45, 7) is 4.36. The molecule has 5 nitrogen and oxygen atoms in total. The zero-order valence-electron chi connectivity index (χ0n) is 19.9. The van der Waals surface area contributed by atoms with Crippen LogP contribution in [0.3, 0.4) is 0 Å². The van der Waals surface area contributed by atoms with Crippen LogP contribution in [0.1, 0.15) is 34.3 Å². The maximum absolute atomic E-state index is 11.6. The molecule has 0 saturated heterocycles. The van der Waals surface area contributed by atoms with Crippen molar-refractivity contribution in [3.63, 3.8) is 0 Å². The van der Waals surface area contributed by atoms with Crippen molar-refractivity contribution in [1.29, 1.82) is 0 Å². The first kappa shape index (κ1) is 22.9. The fourth-order valence-corrected chi connectivity index (χ4v) is 4.84. The van der Waals surface area contributed by atoms with E-state index in [4.69, 9.17) is 10.5 Å². The van der Waals surface area contributed by atoms with Gasteiger partial charge in [0, 0.05) is 48.8 Å². The molecule has 2 heterocycles. The summed E-state index contributed by atoms with van der Waals surface area (Å²) < 4.78 is 8.20. The van der Waals surface area contributed by atoms with E-state index in [0.717, 1.165) is 39.0 Å². The fraction of sp³-hybridized carbons (Fsp3) is 0.233. The number of fused-ring (bicyclic) bond motifs is 1. The van der Waals surface area contributed by atoms with Gasteiger partial charge in [0.25, 0.3) is 5.91 Å². The molecule has 0 unspecified atom stereocenters. The van der Waals surface area contributed by atoms with Crippen molar-refractivity contribution in [3.8, 4) is 5.75 Å². The maximum Gasteiger partial charge on any atom is 0.252 e. The number of amides is 1. The van der Waals surface area contributed by atoms with Gasteiger partial charge < -0.3 is 15.0 Å². The van der Waals surface area contributed by atoms with Crippen LogP contribution >= 0.6 is 0 Å². The molecule has 3 aromatic carbocycles. The van der Waals surface area contributed by atoms with Crippen molar-refractivity contribution >= 4 is 22.4 Å². The number of carbonyl (C=O) groups is 1. The van der Waals surface area contributed by atoms with Crippen LogP contribution in [-0.4, -0.2) is 41.6 Å². The molecule has 1 amide bonds. The third-order valence-corrected chi connectivity index (χ3v) is 6.65. The first-order valence-electron chi connectivity index (χ1n) is 12.2. The van der Waals surface area contributed by atoms with Crippen LogP contribution in [0.15, 0.2) is 91.1 Å². The highest BCUT2D eigenvalue weighted by molar-refractivity contribution is 5.95. The third-order valence-electron chi connectivity index (χ3n) is 6.65. The van der Waals surface area contributed by atoms with Gasteiger partial charge in [-0.05, 0) is 42.2 Å². The van der Waals surface area contributed by atoms with E-state index >= 15 is 0 Å². The molecule has 0 aliphatic carbocycles. The summed E-state index contributed by atoms with van der Waals surface area (Å²) in [6, 6.07) is 26.5. The van der Waals surface area contributed by atoms with Gasteiger partial charge in [-0.1, -0.05) is 66.7 Å². The second kappa shape index (κ2) is 10.6. The van der Waals surface area contributed by atoms with Crippen molar-refractivity contribution in [1.82, 2.24) is 9.47 Å². The van der Waals surface area contributed by atoms with Crippen molar-refractivity contribution in [3.05, 3.63) is 108 Å². The maximum atomic E-state index is 11.6. The van der Waals surface area contributed by atoms with Crippen molar-refractivity contribution in [2.75, 3.05) is 26.2 Å². The van der Waals surface area contributed by atoms with E-state index in [9.17, 15) is 4.79 Å². The number of hydrogen-bond acceptors (Lipinski definition) is 3. The summed E-state index contributed by atoms with van der Waals surface area (Å²) in [5, 5.41) is 1.32. The normalized spacial score (nSPS) is 14.1. The number of rotatable bonds is 9. The molecule has 0 radical (unpaired) electrons. The van der Waals surface area contributed by atoms with Gasteiger partial charge in [-0.25, -0.2) is 0 Å².